The molecular formula is C15H21N5O8. The van der Waals surface area contributed by atoms with Crippen LogP contribution in [-0.2, 0) is 30.4 Å². The lowest BCUT2D eigenvalue weighted by molar-refractivity contribution is -0.147. The summed E-state index contributed by atoms with van der Waals surface area (Å²) >= 11 is 0. The highest BCUT2D eigenvalue weighted by Gasteiger charge is 2.29. The van der Waals surface area contributed by atoms with Crippen LogP contribution in [0.15, 0.2) is 12.5 Å². The van der Waals surface area contributed by atoms with Gasteiger partial charge in [-0.1, -0.05) is 0 Å². The van der Waals surface area contributed by atoms with E-state index in [9.17, 15) is 24.0 Å². The molecule has 3 unspecified atom stereocenters. The maximum Gasteiger partial charge on any atom is 0.326 e. The lowest BCUT2D eigenvalue weighted by Crippen LogP contribution is -2.55. The summed E-state index contributed by atoms with van der Waals surface area (Å²) in [7, 11) is 0. The molecule has 0 aromatic carbocycles. The first kappa shape index (κ1) is 22.6. The van der Waals surface area contributed by atoms with Crippen LogP contribution in [0, 0.1) is 0 Å². The third kappa shape index (κ3) is 7.82. The summed E-state index contributed by atoms with van der Waals surface area (Å²) in [6, 6.07) is -4.20. The number of rotatable bonds is 12. The minimum atomic E-state index is -1.70. The monoisotopic (exact) mass is 399 g/mol. The summed E-state index contributed by atoms with van der Waals surface area (Å²) < 4.78 is 0. The molecule has 8 N–H and O–H groups in total. The van der Waals surface area contributed by atoms with Crippen molar-refractivity contribution in [3.63, 3.8) is 0 Å². The number of H-pyrrole nitrogens is 1. The SMILES string of the molecule is NC(CCC(=O)O)C(=O)NC(Cc1cnc[nH]1)C(=O)NC(CC(=O)O)C(=O)O. The van der Waals surface area contributed by atoms with Gasteiger partial charge in [-0.05, 0) is 6.42 Å². The normalized spacial score (nSPS) is 13.8. The number of amides is 2. The fraction of sp³-hybridized carbons (Fsp3) is 0.467. The third-order valence-corrected chi connectivity index (χ3v) is 3.61. The molecule has 0 bridgehead atoms. The lowest BCUT2D eigenvalue weighted by Gasteiger charge is -2.22. The number of carbonyl (C=O) groups is 5. The highest BCUT2D eigenvalue weighted by Crippen LogP contribution is 2.03. The number of carboxylic acid groups (broad SMARTS) is 3. The lowest BCUT2D eigenvalue weighted by atomic mass is 10.1. The van der Waals surface area contributed by atoms with Crippen molar-refractivity contribution < 1.29 is 39.3 Å². The van der Waals surface area contributed by atoms with E-state index < -0.39 is 54.3 Å². The first-order valence-electron chi connectivity index (χ1n) is 8.10. The number of nitrogens with one attached hydrogen (secondary N) is 3. The van der Waals surface area contributed by atoms with Crippen molar-refractivity contribution in [1.29, 1.82) is 0 Å². The Morgan fingerprint density at radius 3 is 2.18 bits per heavy atom. The fourth-order valence-corrected chi connectivity index (χ4v) is 2.16. The van der Waals surface area contributed by atoms with Gasteiger partial charge in [-0.2, -0.15) is 0 Å². The first-order chi connectivity index (χ1) is 13.1. The quantitative estimate of drug-likeness (QED) is 0.198. The van der Waals surface area contributed by atoms with Gasteiger partial charge in [-0.15, -0.1) is 0 Å². The van der Waals surface area contributed by atoms with E-state index in [1.807, 2.05) is 0 Å². The largest absolute Gasteiger partial charge is 0.481 e. The summed E-state index contributed by atoms with van der Waals surface area (Å²) in [4.78, 5) is 63.5. The number of aromatic amines is 1. The van der Waals surface area contributed by atoms with Crippen LogP contribution in [0.2, 0.25) is 0 Å². The van der Waals surface area contributed by atoms with Gasteiger partial charge >= 0.3 is 17.9 Å². The molecule has 3 atom stereocenters. The Kier molecular flexibility index (Phi) is 8.55. The maximum atomic E-state index is 12.4. The number of carboxylic acids is 3. The molecule has 13 heteroatoms. The van der Waals surface area contributed by atoms with Gasteiger partial charge in [0.05, 0.1) is 18.8 Å². The van der Waals surface area contributed by atoms with Gasteiger partial charge < -0.3 is 36.7 Å². The molecule has 1 aromatic rings. The van der Waals surface area contributed by atoms with Gasteiger partial charge in [-0.3, -0.25) is 19.2 Å². The topological polar surface area (TPSA) is 225 Å². The van der Waals surface area contributed by atoms with Crippen molar-refractivity contribution in [2.75, 3.05) is 0 Å². The number of hydrogen-bond donors (Lipinski definition) is 7. The van der Waals surface area contributed by atoms with E-state index in [1.165, 1.54) is 12.5 Å². The molecule has 0 aliphatic heterocycles. The number of aliphatic carboxylic acids is 3. The van der Waals surface area contributed by atoms with Crippen LogP contribution in [0.4, 0.5) is 0 Å². The van der Waals surface area contributed by atoms with Crippen LogP contribution in [-0.4, -0.2) is 73.1 Å². The number of nitrogens with zero attached hydrogens (tertiary/aromatic N) is 1. The van der Waals surface area contributed by atoms with Crippen molar-refractivity contribution in [2.45, 2.75) is 43.8 Å². The predicted octanol–water partition coefficient (Wildman–Crippen LogP) is -2.33. The minimum absolute atomic E-state index is 0.108. The first-order valence-corrected chi connectivity index (χ1v) is 8.10. The maximum absolute atomic E-state index is 12.4. The molecule has 0 spiro atoms. The highest BCUT2D eigenvalue weighted by atomic mass is 16.4. The molecule has 0 saturated carbocycles. The Labute approximate surface area is 158 Å². The molecule has 1 rings (SSSR count). The van der Waals surface area contributed by atoms with Crippen LogP contribution in [0.3, 0.4) is 0 Å². The number of nitrogens with two attached hydrogens (primary N) is 1. The Bertz CT molecular complexity index is 720. The second kappa shape index (κ2) is 10.6. The second-order valence-electron chi connectivity index (χ2n) is 5.88. The van der Waals surface area contributed by atoms with E-state index in [2.05, 4.69) is 20.6 Å². The molecule has 0 aliphatic rings. The van der Waals surface area contributed by atoms with Crippen LogP contribution >= 0.6 is 0 Å². The molecular weight excluding hydrogens is 378 g/mol. The van der Waals surface area contributed by atoms with Crippen LogP contribution in [0.25, 0.3) is 0 Å². The van der Waals surface area contributed by atoms with Gasteiger partial charge in [0.1, 0.15) is 12.1 Å². The molecule has 13 nitrogen and oxygen atoms in total. The van der Waals surface area contributed by atoms with Gasteiger partial charge in [0.2, 0.25) is 11.8 Å². The molecule has 0 aliphatic carbocycles. The molecule has 28 heavy (non-hydrogen) atoms. The Hall–Kier alpha value is -3.48. The average molecular weight is 399 g/mol. The number of carbonyl (C=O) groups excluding carboxylic acids is 2. The number of hydrogen-bond acceptors (Lipinski definition) is 7. The van der Waals surface area contributed by atoms with E-state index in [0.29, 0.717) is 5.69 Å². The van der Waals surface area contributed by atoms with Crippen molar-refractivity contribution in [3.05, 3.63) is 18.2 Å². The molecule has 1 aromatic heterocycles. The summed E-state index contributed by atoms with van der Waals surface area (Å²) in [5.74, 6) is -5.89. The molecule has 154 valence electrons. The van der Waals surface area contributed by atoms with E-state index in [-0.39, 0.29) is 19.3 Å². The van der Waals surface area contributed by atoms with Crippen LogP contribution in [0.1, 0.15) is 25.0 Å². The van der Waals surface area contributed by atoms with Crippen molar-refractivity contribution in [1.82, 2.24) is 20.6 Å². The van der Waals surface area contributed by atoms with Crippen molar-refractivity contribution >= 4 is 29.7 Å². The van der Waals surface area contributed by atoms with E-state index in [4.69, 9.17) is 21.1 Å². The smallest absolute Gasteiger partial charge is 0.326 e. The van der Waals surface area contributed by atoms with E-state index >= 15 is 0 Å². The molecule has 0 saturated heterocycles. The predicted molar refractivity (Wildman–Crippen MR) is 90.9 cm³/mol. The molecule has 2 amide bonds. The summed E-state index contributed by atoms with van der Waals surface area (Å²) in [6.45, 7) is 0. The average Bonchev–Trinajstić information content (AvgIpc) is 3.10. The van der Waals surface area contributed by atoms with Crippen LogP contribution < -0.4 is 16.4 Å². The number of aromatic nitrogens is 2. The zero-order valence-corrected chi connectivity index (χ0v) is 14.6. The molecule has 0 radical (unpaired) electrons. The van der Waals surface area contributed by atoms with E-state index in [0.717, 1.165) is 0 Å². The standard InChI is InChI=1S/C15H21N5O8/c16-8(1-2-11(21)22)13(25)19-9(3-7-5-17-6-18-7)14(26)20-10(15(27)28)4-12(23)24/h5-6,8-10H,1-4,16H2,(H,17,18)(H,19,25)(H,20,26)(H,21,22)(H,23,24)(H,27,28). The Morgan fingerprint density at radius 2 is 1.68 bits per heavy atom. The van der Waals surface area contributed by atoms with Gasteiger partial charge in [0.15, 0.2) is 0 Å². The summed E-state index contributed by atoms with van der Waals surface area (Å²) in [5, 5.41) is 30.8. The minimum Gasteiger partial charge on any atom is -0.481 e. The van der Waals surface area contributed by atoms with Gasteiger partial charge in [0, 0.05) is 24.7 Å². The van der Waals surface area contributed by atoms with Crippen molar-refractivity contribution in [2.24, 2.45) is 5.73 Å². The Balaban J connectivity index is 2.87. The highest BCUT2D eigenvalue weighted by molar-refractivity contribution is 5.93. The zero-order valence-electron chi connectivity index (χ0n) is 14.6. The third-order valence-electron chi connectivity index (χ3n) is 3.61. The number of imidazole rings is 1. The van der Waals surface area contributed by atoms with E-state index in [1.54, 1.807) is 0 Å². The van der Waals surface area contributed by atoms with Crippen molar-refractivity contribution in [3.8, 4) is 0 Å². The van der Waals surface area contributed by atoms with Gasteiger partial charge in [-0.25, -0.2) is 9.78 Å². The van der Waals surface area contributed by atoms with Crippen LogP contribution in [0.5, 0.6) is 0 Å². The second-order valence-corrected chi connectivity index (χ2v) is 5.88. The fourth-order valence-electron chi connectivity index (χ4n) is 2.16. The Morgan fingerprint density at radius 1 is 1.04 bits per heavy atom. The zero-order chi connectivity index (χ0) is 21.3. The molecule has 1 heterocycles. The summed E-state index contributed by atoms with van der Waals surface area (Å²) in [6.07, 6.45) is 1.21. The summed E-state index contributed by atoms with van der Waals surface area (Å²) in [5.41, 5.74) is 6.04. The van der Waals surface area contributed by atoms with Gasteiger partial charge in [0.25, 0.3) is 0 Å². The molecule has 0 fully saturated rings.